The van der Waals surface area contributed by atoms with Crippen LogP contribution in [0.5, 0.6) is 0 Å². The summed E-state index contributed by atoms with van der Waals surface area (Å²) in [6.07, 6.45) is -1.62. The zero-order valence-electron chi connectivity index (χ0n) is 17.7. The number of anilines is 2. The number of amides is 1. The predicted octanol–water partition coefficient (Wildman–Crippen LogP) is 3.90. The van der Waals surface area contributed by atoms with Crippen LogP contribution in [0.1, 0.15) is 30.7 Å². The summed E-state index contributed by atoms with van der Waals surface area (Å²) in [6, 6.07) is 3.41. The summed E-state index contributed by atoms with van der Waals surface area (Å²) in [7, 11) is -3.90. The molecule has 0 bridgehead atoms. The van der Waals surface area contributed by atoms with Gasteiger partial charge in [-0.25, -0.2) is 22.2 Å². The smallest absolute Gasteiger partial charge is 0.367 e. The van der Waals surface area contributed by atoms with Crippen LogP contribution in [0.2, 0.25) is 0 Å². The van der Waals surface area contributed by atoms with Crippen LogP contribution >= 0.6 is 0 Å². The standard InChI is InChI=1S/C20H21F5N4O3S/c1-11(2)27-19-13(4-6-16(28-19)20(23,24)25)5-7-17(30)26-10-12-8-14(21)18(15(22)9-12)29-33(3,31)32/h4-9,11,29H,10H2,1-3H3,(H,26,30)(H,27,28)/b7-5+. The van der Waals surface area contributed by atoms with Crippen LogP contribution in [0.4, 0.5) is 33.5 Å². The van der Waals surface area contributed by atoms with Crippen LogP contribution in [0.3, 0.4) is 0 Å². The van der Waals surface area contributed by atoms with Crippen molar-refractivity contribution in [3.8, 4) is 0 Å². The molecule has 0 aliphatic heterocycles. The molecule has 3 N–H and O–H groups in total. The first-order chi connectivity index (χ1) is 15.2. The molecule has 180 valence electrons. The van der Waals surface area contributed by atoms with Crippen molar-refractivity contribution in [2.24, 2.45) is 0 Å². The number of sulfonamides is 1. The van der Waals surface area contributed by atoms with Gasteiger partial charge in [-0.15, -0.1) is 0 Å². The molecule has 1 aromatic heterocycles. The number of nitrogens with zero attached hydrogens (tertiary/aromatic N) is 1. The average molecular weight is 492 g/mol. The van der Waals surface area contributed by atoms with E-state index in [9.17, 15) is 35.2 Å². The van der Waals surface area contributed by atoms with Gasteiger partial charge in [0, 0.05) is 24.2 Å². The first-order valence-electron chi connectivity index (χ1n) is 9.42. The van der Waals surface area contributed by atoms with Crippen LogP contribution in [-0.4, -0.2) is 31.6 Å². The highest BCUT2D eigenvalue weighted by molar-refractivity contribution is 7.92. The van der Waals surface area contributed by atoms with Gasteiger partial charge in [-0.1, -0.05) is 0 Å². The Morgan fingerprint density at radius 2 is 1.76 bits per heavy atom. The Bertz CT molecular complexity index is 1140. The topological polar surface area (TPSA) is 100 Å². The summed E-state index contributed by atoms with van der Waals surface area (Å²) in [4.78, 5) is 15.6. The second-order valence-electron chi connectivity index (χ2n) is 7.29. The van der Waals surface area contributed by atoms with E-state index in [1.807, 2.05) is 0 Å². The molecule has 0 aliphatic rings. The third kappa shape index (κ3) is 8.00. The maximum absolute atomic E-state index is 14.0. The summed E-state index contributed by atoms with van der Waals surface area (Å²) < 4.78 is 90.8. The summed E-state index contributed by atoms with van der Waals surface area (Å²) in [6.45, 7) is 3.12. The lowest BCUT2D eigenvalue weighted by Gasteiger charge is -2.14. The molecule has 0 aliphatic carbocycles. The Morgan fingerprint density at radius 1 is 1.15 bits per heavy atom. The van der Waals surface area contributed by atoms with E-state index < -0.39 is 45.1 Å². The van der Waals surface area contributed by atoms with E-state index >= 15 is 0 Å². The molecule has 0 saturated heterocycles. The highest BCUT2D eigenvalue weighted by Gasteiger charge is 2.33. The quantitative estimate of drug-likeness (QED) is 0.384. The Morgan fingerprint density at radius 3 is 2.27 bits per heavy atom. The summed E-state index contributed by atoms with van der Waals surface area (Å²) >= 11 is 0. The van der Waals surface area contributed by atoms with E-state index in [0.29, 0.717) is 0 Å². The Hall–Kier alpha value is -3.22. The third-order valence-corrected chi connectivity index (χ3v) is 4.49. The molecule has 1 heterocycles. The van der Waals surface area contributed by atoms with Gasteiger partial charge >= 0.3 is 6.18 Å². The molecule has 2 aromatic rings. The molecule has 33 heavy (non-hydrogen) atoms. The van der Waals surface area contributed by atoms with Crippen molar-refractivity contribution in [1.29, 1.82) is 0 Å². The van der Waals surface area contributed by atoms with Crippen molar-refractivity contribution in [1.82, 2.24) is 10.3 Å². The molecular weight excluding hydrogens is 471 g/mol. The minimum Gasteiger partial charge on any atom is -0.367 e. The number of benzene rings is 1. The zero-order valence-corrected chi connectivity index (χ0v) is 18.5. The van der Waals surface area contributed by atoms with E-state index in [-0.39, 0.29) is 29.5 Å². The third-order valence-electron chi connectivity index (χ3n) is 3.91. The van der Waals surface area contributed by atoms with E-state index in [0.717, 1.165) is 36.6 Å². The molecule has 1 amide bonds. The molecule has 0 unspecified atom stereocenters. The molecule has 0 atom stereocenters. The van der Waals surface area contributed by atoms with Gasteiger partial charge in [0.1, 0.15) is 17.2 Å². The molecule has 2 rings (SSSR count). The summed E-state index contributed by atoms with van der Waals surface area (Å²) in [5, 5.41) is 5.14. The lowest BCUT2D eigenvalue weighted by molar-refractivity contribution is -0.141. The number of rotatable bonds is 8. The minimum absolute atomic E-state index is 0.0177. The van der Waals surface area contributed by atoms with E-state index in [1.54, 1.807) is 18.6 Å². The number of halogens is 5. The fourth-order valence-electron chi connectivity index (χ4n) is 2.58. The van der Waals surface area contributed by atoms with Crippen LogP contribution in [0.15, 0.2) is 30.3 Å². The monoisotopic (exact) mass is 492 g/mol. The molecule has 0 saturated carbocycles. The second kappa shape index (κ2) is 10.1. The van der Waals surface area contributed by atoms with E-state index in [2.05, 4.69) is 15.6 Å². The van der Waals surface area contributed by atoms with Crippen LogP contribution in [0.25, 0.3) is 6.08 Å². The van der Waals surface area contributed by atoms with Gasteiger partial charge < -0.3 is 10.6 Å². The summed E-state index contributed by atoms with van der Waals surface area (Å²) in [5.41, 5.74) is -1.69. The average Bonchev–Trinajstić information content (AvgIpc) is 2.66. The molecule has 1 aromatic carbocycles. The fraction of sp³-hybridized carbons (Fsp3) is 0.300. The number of nitrogens with one attached hydrogen (secondary N) is 3. The highest BCUT2D eigenvalue weighted by atomic mass is 32.2. The van der Waals surface area contributed by atoms with Crippen molar-refractivity contribution in [3.05, 3.63) is 58.8 Å². The fourth-order valence-corrected chi connectivity index (χ4v) is 3.14. The molecular formula is C20H21F5N4O3S. The number of carbonyl (C=O) groups is 1. The maximum Gasteiger partial charge on any atom is 0.433 e. The second-order valence-corrected chi connectivity index (χ2v) is 9.04. The van der Waals surface area contributed by atoms with Crippen molar-refractivity contribution in [2.75, 3.05) is 16.3 Å². The lowest BCUT2D eigenvalue weighted by atomic mass is 10.1. The highest BCUT2D eigenvalue weighted by Crippen LogP contribution is 2.30. The molecule has 7 nitrogen and oxygen atoms in total. The van der Waals surface area contributed by atoms with Crippen molar-refractivity contribution < 1.29 is 35.2 Å². The van der Waals surface area contributed by atoms with Crippen molar-refractivity contribution in [3.63, 3.8) is 0 Å². The van der Waals surface area contributed by atoms with Gasteiger partial charge in [0.25, 0.3) is 0 Å². The first kappa shape index (κ1) is 26.0. The van der Waals surface area contributed by atoms with Gasteiger partial charge in [0.15, 0.2) is 11.6 Å². The number of carbonyl (C=O) groups excluding carboxylic acids is 1. The first-order valence-corrected chi connectivity index (χ1v) is 11.3. The van der Waals surface area contributed by atoms with Gasteiger partial charge in [0.05, 0.1) is 6.26 Å². The predicted molar refractivity (Wildman–Crippen MR) is 114 cm³/mol. The van der Waals surface area contributed by atoms with Gasteiger partial charge in [-0.05, 0) is 49.8 Å². The maximum atomic E-state index is 14.0. The Balaban J connectivity index is 2.13. The molecule has 0 fully saturated rings. The molecule has 0 radical (unpaired) electrons. The number of hydrogen-bond donors (Lipinski definition) is 3. The van der Waals surface area contributed by atoms with Gasteiger partial charge in [-0.3, -0.25) is 9.52 Å². The lowest BCUT2D eigenvalue weighted by Crippen LogP contribution is -2.21. The molecule has 0 spiro atoms. The largest absolute Gasteiger partial charge is 0.433 e. The SMILES string of the molecule is CC(C)Nc1nc(C(F)(F)F)ccc1/C=C/C(=O)NCc1cc(F)c(NS(C)(=O)=O)c(F)c1. The number of pyridine rings is 1. The summed E-state index contributed by atoms with van der Waals surface area (Å²) in [5.74, 6) is -3.09. The van der Waals surface area contributed by atoms with Crippen LogP contribution in [-0.2, 0) is 27.5 Å². The van der Waals surface area contributed by atoms with E-state index in [4.69, 9.17) is 0 Å². The zero-order chi connectivity index (χ0) is 25.0. The van der Waals surface area contributed by atoms with E-state index in [1.165, 1.54) is 6.08 Å². The van der Waals surface area contributed by atoms with Gasteiger partial charge in [-0.2, -0.15) is 13.2 Å². The van der Waals surface area contributed by atoms with Crippen LogP contribution in [0, 0.1) is 11.6 Å². The number of hydrogen-bond acceptors (Lipinski definition) is 5. The normalized spacial score (nSPS) is 12.3. The number of aromatic nitrogens is 1. The Labute approximate surface area is 187 Å². The molecule has 13 heteroatoms. The number of alkyl halides is 3. The Kier molecular flexibility index (Phi) is 8.01. The van der Waals surface area contributed by atoms with Crippen molar-refractivity contribution in [2.45, 2.75) is 32.6 Å². The van der Waals surface area contributed by atoms with Crippen molar-refractivity contribution >= 4 is 33.5 Å². The van der Waals surface area contributed by atoms with Gasteiger partial charge in [0.2, 0.25) is 15.9 Å². The minimum atomic E-state index is -4.63. The van der Waals surface area contributed by atoms with Crippen LogP contribution < -0.4 is 15.4 Å².